The van der Waals surface area contributed by atoms with Crippen LogP contribution in [0.3, 0.4) is 0 Å². The average molecular weight is 433 g/mol. The van der Waals surface area contributed by atoms with Gasteiger partial charge in [0, 0.05) is 56.3 Å². The Morgan fingerprint density at radius 2 is 1.90 bits per heavy atom. The molecule has 1 saturated carbocycles. The number of carbonyl (C=O) groups is 1. The van der Waals surface area contributed by atoms with E-state index in [1.165, 1.54) is 12.5 Å². The molecule has 0 bridgehead atoms. The van der Waals surface area contributed by atoms with Crippen LogP contribution in [0.25, 0.3) is 0 Å². The summed E-state index contributed by atoms with van der Waals surface area (Å²) in [6.07, 6.45) is 4.70. The van der Waals surface area contributed by atoms with Crippen molar-refractivity contribution in [2.45, 2.75) is 63.8 Å². The highest BCUT2D eigenvalue weighted by molar-refractivity contribution is 5.76. The third-order valence-corrected chi connectivity index (χ3v) is 6.62. The highest BCUT2D eigenvalue weighted by Crippen LogP contribution is 2.28. The molecule has 1 amide bonds. The number of amides is 1. The van der Waals surface area contributed by atoms with Gasteiger partial charge in [0.05, 0.1) is 6.07 Å². The molecule has 1 aromatic carbocycles. The van der Waals surface area contributed by atoms with E-state index in [1.807, 2.05) is 6.07 Å². The summed E-state index contributed by atoms with van der Waals surface area (Å²) >= 11 is 0. The van der Waals surface area contributed by atoms with Crippen molar-refractivity contribution in [2.24, 2.45) is 5.92 Å². The maximum atomic E-state index is 12.9. The zero-order chi connectivity index (χ0) is 22.1. The van der Waals surface area contributed by atoms with Gasteiger partial charge in [-0.15, -0.1) is 0 Å². The lowest BCUT2D eigenvalue weighted by molar-refractivity contribution is -0.122. The second-order valence-corrected chi connectivity index (χ2v) is 8.81. The van der Waals surface area contributed by atoms with Crippen LogP contribution in [0.1, 0.15) is 63.4 Å². The van der Waals surface area contributed by atoms with E-state index in [-0.39, 0.29) is 11.5 Å². The minimum absolute atomic E-state index is 0.0793. The number of piperazine rings is 1. The van der Waals surface area contributed by atoms with Crippen molar-refractivity contribution >= 4 is 11.6 Å². The summed E-state index contributed by atoms with van der Waals surface area (Å²) in [5, 5.41) is 11.7. The van der Waals surface area contributed by atoms with Gasteiger partial charge in [-0.3, -0.25) is 9.69 Å². The molecule has 5 nitrogen and oxygen atoms in total. The number of unbranched alkanes of at least 4 members (excludes halogenated alkanes) is 1. The number of hydrogen-bond acceptors (Lipinski definition) is 4. The molecule has 0 atom stereocenters. The van der Waals surface area contributed by atoms with Gasteiger partial charge in [-0.25, -0.2) is 8.78 Å². The molecule has 7 heteroatoms. The zero-order valence-corrected chi connectivity index (χ0v) is 18.2. The molecule has 1 aliphatic carbocycles. The summed E-state index contributed by atoms with van der Waals surface area (Å²) in [7, 11) is 0. The summed E-state index contributed by atoms with van der Waals surface area (Å²) < 4.78 is 25.9. The summed E-state index contributed by atoms with van der Waals surface area (Å²) in [5.41, 5.74) is 0.985. The fourth-order valence-electron chi connectivity index (χ4n) is 4.68. The fourth-order valence-corrected chi connectivity index (χ4v) is 4.68. The number of hydrogen-bond donors (Lipinski definition) is 1. The summed E-state index contributed by atoms with van der Waals surface area (Å²) in [4.78, 5) is 16.6. The van der Waals surface area contributed by atoms with Crippen LogP contribution in [0.15, 0.2) is 24.3 Å². The molecule has 0 unspecified atom stereocenters. The quantitative estimate of drug-likeness (QED) is 0.584. The second kappa shape index (κ2) is 12.0. The van der Waals surface area contributed by atoms with Gasteiger partial charge in [0.15, 0.2) is 0 Å². The lowest BCUT2D eigenvalue weighted by atomic mass is 9.84. The molecule has 0 spiro atoms. The second-order valence-electron chi connectivity index (χ2n) is 8.81. The lowest BCUT2D eigenvalue weighted by Crippen LogP contribution is -2.47. The summed E-state index contributed by atoms with van der Waals surface area (Å²) in [6, 6.07) is 9.10. The molecule has 0 aromatic heterocycles. The molecule has 31 heavy (non-hydrogen) atoms. The van der Waals surface area contributed by atoms with Crippen molar-refractivity contribution in [3.63, 3.8) is 0 Å². The van der Waals surface area contributed by atoms with E-state index in [9.17, 15) is 13.6 Å². The van der Waals surface area contributed by atoms with E-state index in [4.69, 9.17) is 5.26 Å². The predicted octanol–water partition coefficient (Wildman–Crippen LogP) is 4.51. The molecule has 1 aliphatic heterocycles. The van der Waals surface area contributed by atoms with E-state index >= 15 is 0 Å². The minimum atomic E-state index is -2.42. The van der Waals surface area contributed by atoms with E-state index < -0.39 is 6.43 Å². The predicted molar refractivity (Wildman–Crippen MR) is 118 cm³/mol. The molecule has 2 aliphatic rings. The first-order valence-electron chi connectivity index (χ1n) is 11.6. The SMILES string of the molecule is N#CCCCC(=O)NC1CCC(CCN2CCN(c3cccc(C(F)F)c3)CC2)CC1. The number of nitrogens with zero attached hydrogens (tertiary/aromatic N) is 3. The summed E-state index contributed by atoms with van der Waals surface area (Å²) in [6.45, 7) is 4.76. The highest BCUT2D eigenvalue weighted by atomic mass is 19.3. The molecule has 0 radical (unpaired) electrons. The number of carbonyl (C=O) groups excluding carboxylic acids is 1. The highest BCUT2D eigenvalue weighted by Gasteiger charge is 2.24. The Morgan fingerprint density at radius 1 is 1.16 bits per heavy atom. The third kappa shape index (κ3) is 7.46. The van der Waals surface area contributed by atoms with E-state index in [0.29, 0.717) is 31.2 Å². The van der Waals surface area contributed by atoms with Crippen molar-refractivity contribution in [1.29, 1.82) is 5.26 Å². The Balaban J connectivity index is 1.31. The first kappa shape index (κ1) is 23.5. The molecule has 1 aromatic rings. The molecular weight excluding hydrogens is 398 g/mol. The Bertz CT molecular complexity index is 735. The van der Waals surface area contributed by atoms with Crippen LogP contribution in [-0.2, 0) is 4.79 Å². The van der Waals surface area contributed by atoms with Crippen LogP contribution in [-0.4, -0.2) is 49.6 Å². The number of nitrogens with one attached hydrogen (secondary N) is 1. The third-order valence-electron chi connectivity index (χ3n) is 6.62. The van der Waals surface area contributed by atoms with Gasteiger partial charge in [-0.2, -0.15) is 5.26 Å². The minimum Gasteiger partial charge on any atom is -0.369 e. The molecular formula is C24H34F2N4O. The van der Waals surface area contributed by atoms with Crippen LogP contribution in [0.4, 0.5) is 14.5 Å². The molecule has 170 valence electrons. The van der Waals surface area contributed by atoms with Crippen molar-refractivity contribution in [1.82, 2.24) is 10.2 Å². The Morgan fingerprint density at radius 3 is 2.58 bits per heavy atom. The number of alkyl halides is 2. The Hall–Kier alpha value is -2.20. The number of rotatable bonds is 9. The van der Waals surface area contributed by atoms with Gasteiger partial charge < -0.3 is 10.2 Å². The Kier molecular flexibility index (Phi) is 9.08. The molecule has 1 saturated heterocycles. The molecule has 1 heterocycles. The zero-order valence-electron chi connectivity index (χ0n) is 18.2. The van der Waals surface area contributed by atoms with Crippen LogP contribution < -0.4 is 10.2 Å². The molecule has 3 rings (SSSR count). The van der Waals surface area contributed by atoms with Gasteiger partial charge in [-0.05, 0) is 63.1 Å². The van der Waals surface area contributed by atoms with E-state index in [2.05, 4.69) is 21.2 Å². The number of halogens is 2. The van der Waals surface area contributed by atoms with Crippen molar-refractivity contribution < 1.29 is 13.6 Å². The van der Waals surface area contributed by atoms with Crippen molar-refractivity contribution in [2.75, 3.05) is 37.6 Å². The normalized spacial score (nSPS) is 22.3. The molecule has 2 fully saturated rings. The van der Waals surface area contributed by atoms with E-state index in [0.717, 1.165) is 64.1 Å². The maximum Gasteiger partial charge on any atom is 0.263 e. The number of anilines is 1. The Labute approximate surface area is 184 Å². The van der Waals surface area contributed by atoms with Gasteiger partial charge >= 0.3 is 0 Å². The van der Waals surface area contributed by atoms with Crippen LogP contribution >= 0.6 is 0 Å². The first-order chi connectivity index (χ1) is 15.0. The number of nitriles is 1. The van der Waals surface area contributed by atoms with Crippen molar-refractivity contribution in [3.8, 4) is 6.07 Å². The van der Waals surface area contributed by atoms with Crippen LogP contribution in [0.2, 0.25) is 0 Å². The molecule has 1 N–H and O–H groups in total. The van der Waals surface area contributed by atoms with E-state index in [1.54, 1.807) is 12.1 Å². The summed E-state index contributed by atoms with van der Waals surface area (Å²) in [5.74, 6) is 0.795. The maximum absolute atomic E-state index is 12.9. The average Bonchev–Trinajstić information content (AvgIpc) is 2.79. The smallest absolute Gasteiger partial charge is 0.263 e. The van der Waals surface area contributed by atoms with Crippen molar-refractivity contribution in [3.05, 3.63) is 29.8 Å². The van der Waals surface area contributed by atoms with Gasteiger partial charge in [-0.1, -0.05) is 12.1 Å². The fraction of sp³-hybridized carbons (Fsp3) is 0.667. The monoisotopic (exact) mass is 432 g/mol. The van der Waals surface area contributed by atoms with Gasteiger partial charge in [0.1, 0.15) is 0 Å². The number of benzene rings is 1. The first-order valence-corrected chi connectivity index (χ1v) is 11.6. The standard InChI is InChI=1S/C24H34F2N4O/c25-24(26)20-4-3-5-22(18-20)30-16-14-29(15-17-30)13-11-19-7-9-21(10-8-19)28-23(31)6-1-2-12-27/h3-5,18-19,21,24H,1-2,6-11,13-17H2,(H,28,31). The van der Waals surface area contributed by atoms with Crippen LogP contribution in [0.5, 0.6) is 0 Å². The lowest BCUT2D eigenvalue weighted by Gasteiger charge is -2.37. The van der Waals surface area contributed by atoms with Gasteiger partial charge in [0.25, 0.3) is 6.43 Å². The van der Waals surface area contributed by atoms with Gasteiger partial charge in [0.2, 0.25) is 5.91 Å². The van der Waals surface area contributed by atoms with Crippen LogP contribution in [0, 0.1) is 17.2 Å². The topological polar surface area (TPSA) is 59.4 Å². The largest absolute Gasteiger partial charge is 0.369 e.